The number of rotatable bonds is 6. The molecule has 1 atom stereocenters. The smallest absolute Gasteiger partial charge is 0.352 e. The summed E-state index contributed by atoms with van der Waals surface area (Å²) in [6.07, 6.45) is 4.18. The molecule has 0 aromatic carbocycles. The summed E-state index contributed by atoms with van der Waals surface area (Å²) in [4.78, 5) is 42.5. The molecule has 3 N–H and O–H groups in total. The van der Waals surface area contributed by atoms with Crippen LogP contribution < -0.4 is 0 Å². The average molecular weight is 363 g/mol. The lowest BCUT2D eigenvalue weighted by Gasteiger charge is -2.28. The van der Waals surface area contributed by atoms with Crippen molar-refractivity contribution >= 4 is 17.8 Å². The summed E-state index contributed by atoms with van der Waals surface area (Å²) in [5.41, 5.74) is 0.0540. The van der Waals surface area contributed by atoms with Crippen molar-refractivity contribution < 1.29 is 24.6 Å². The fourth-order valence-corrected chi connectivity index (χ4v) is 4.16. The average Bonchev–Trinajstić information content (AvgIpc) is 3.28. The summed E-state index contributed by atoms with van der Waals surface area (Å²) < 4.78 is 0. The first-order valence-corrected chi connectivity index (χ1v) is 9.08. The zero-order chi connectivity index (χ0) is 18.8. The third-order valence-electron chi connectivity index (χ3n) is 5.45. The molecular formula is C18H25N3O5. The molecule has 0 spiro atoms. The second-order valence-electron chi connectivity index (χ2n) is 7.16. The molecule has 1 aromatic rings. The highest BCUT2D eigenvalue weighted by atomic mass is 16.4. The number of carbonyl (C=O) groups is 3. The number of hydrogen-bond acceptors (Lipinski definition) is 4. The van der Waals surface area contributed by atoms with Gasteiger partial charge in [-0.25, -0.2) is 9.59 Å². The van der Waals surface area contributed by atoms with Crippen molar-refractivity contribution in [2.24, 2.45) is 0 Å². The van der Waals surface area contributed by atoms with E-state index in [0.29, 0.717) is 6.54 Å². The van der Waals surface area contributed by atoms with Gasteiger partial charge in [0, 0.05) is 24.8 Å². The van der Waals surface area contributed by atoms with Crippen LogP contribution in [0, 0.1) is 6.92 Å². The van der Waals surface area contributed by atoms with E-state index in [4.69, 9.17) is 0 Å². The van der Waals surface area contributed by atoms with Gasteiger partial charge < -0.3 is 25.0 Å². The number of aromatic amines is 1. The van der Waals surface area contributed by atoms with Crippen LogP contribution in [0.1, 0.15) is 57.8 Å². The van der Waals surface area contributed by atoms with Crippen LogP contribution in [0.4, 0.5) is 0 Å². The maximum atomic E-state index is 12.8. The highest BCUT2D eigenvalue weighted by molar-refractivity contribution is 5.98. The van der Waals surface area contributed by atoms with E-state index in [1.807, 2.05) is 4.90 Å². The van der Waals surface area contributed by atoms with Crippen LogP contribution in [0.15, 0.2) is 0 Å². The van der Waals surface area contributed by atoms with Crippen LogP contribution in [-0.2, 0) is 11.2 Å². The second-order valence-corrected chi connectivity index (χ2v) is 7.16. The lowest BCUT2D eigenvalue weighted by Crippen LogP contribution is -2.43. The third kappa shape index (κ3) is 3.60. The van der Waals surface area contributed by atoms with E-state index in [1.54, 1.807) is 0 Å². The predicted octanol–water partition coefficient (Wildman–Crippen LogP) is 1.35. The Bertz CT molecular complexity index is 721. The zero-order valence-electron chi connectivity index (χ0n) is 15.0. The number of carboxylic acids is 2. The summed E-state index contributed by atoms with van der Waals surface area (Å²) in [7, 11) is 0. The number of carbonyl (C=O) groups excluding carboxylic acids is 1. The number of carboxylic acid groups (broad SMARTS) is 2. The minimum atomic E-state index is -1.23. The Morgan fingerprint density at radius 2 is 1.77 bits per heavy atom. The number of aromatic carboxylic acids is 2. The second kappa shape index (κ2) is 7.49. The van der Waals surface area contributed by atoms with Gasteiger partial charge in [0.1, 0.15) is 5.69 Å². The molecule has 1 unspecified atom stereocenters. The summed E-state index contributed by atoms with van der Waals surface area (Å²) in [5.74, 6) is -2.59. The maximum absolute atomic E-state index is 12.8. The zero-order valence-corrected chi connectivity index (χ0v) is 15.0. The van der Waals surface area contributed by atoms with Crippen LogP contribution in [0.2, 0.25) is 0 Å². The van der Waals surface area contributed by atoms with Gasteiger partial charge in [0.25, 0.3) is 0 Å². The summed E-state index contributed by atoms with van der Waals surface area (Å²) in [6.45, 7) is 5.12. The predicted molar refractivity (Wildman–Crippen MR) is 93.6 cm³/mol. The largest absolute Gasteiger partial charge is 0.478 e. The number of amides is 1. The van der Waals surface area contributed by atoms with Crippen molar-refractivity contribution in [3.63, 3.8) is 0 Å². The maximum Gasteiger partial charge on any atom is 0.352 e. The lowest BCUT2D eigenvalue weighted by atomic mass is 10.1. The minimum Gasteiger partial charge on any atom is -0.478 e. The lowest BCUT2D eigenvalue weighted by molar-refractivity contribution is -0.131. The Morgan fingerprint density at radius 1 is 1.08 bits per heavy atom. The molecule has 1 amide bonds. The molecule has 8 nitrogen and oxygen atoms in total. The molecule has 0 bridgehead atoms. The van der Waals surface area contributed by atoms with E-state index in [2.05, 4.69) is 9.88 Å². The van der Waals surface area contributed by atoms with E-state index in [1.165, 1.54) is 19.8 Å². The minimum absolute atomic E-state index is 0.106. The van der Waals surface area contributed by atoms with Gasteiger partial charge in [-0.05, 0) is 51.3 Å². The van der Waals surface area contributed by atoms with Gasteiger partial charge >= 0.3 is 11.9 Å². The number of aromatic nitrogens is 1. The van der Waals surface area contributed by atoms with Gasteiger partial charge in [0.05, 0.1) is 12.0 Å². The molecule has 3 rings (SSSR count). The van der Waals surface area contributed by atoms with Gasteiger partial charge in [-0.3, -0.25) is 4.79 Å². The molecule has 1 aromatic heterocycles. The normalized spacial score (nSPS) is 20.7. The molecular weight excluding hydrogens is 338 g/mol. The van der Waals surface area contributed by atoms with E-state index < -0.39 is 11.9 Å². The van der Waals surface area contributed by atoms with E-state index in [0.717, 1.165) is 32.5 Å². The highest BCUT2D eigenvalue weighted by Gasteiger charge is 2.32. The Kier molecular flexibility index (Phi) is 5.31. The first kappa shape index (κ1) is 18.4. The van der Waals surface area contributed by atoms with E-state index in [-0.39, 0.29) is 40.9 Å². The monoisotopic (exact) mass is 363 g/mol. The van der Waals surface area contributed by atoms with Crippen molar-refractivity contribution in [3.8, 4) is 0 Å². The van der Waals surface area contributed by atoms with Crippen LogP contribution >= 0.6 is 0 Å². The fourth-order valence-electron chi connectivity index (χ4n) is 4.16. The fraction of sp³-hybridized carbons (Fsp3) is 0.611. The molecule has 2 aliphatic heterocycles. The molecule has 3 heterocycles. The molecule has 26 heavy (non-hydrogen) atoms. The Morgan fingerprint density at radius 3 is 2.38 bits per heavy atom. The van der Waals surface area contributed by atoms with Gasteiger partial charge in [0.2, 0.25) is 5.91 Å². The first-order valence-electron chi connectivity index (χ1n) is 9.08. The van der Waals surface area contributed by atoms with Crippen molar-refractivity contribution in [2.75, 3.05) is 26.2 Å². The van der Waals surface area contributed by atoms with Gasteiger partial charge in [-0.2, -0.15) is 0 Å². The number of H-pyrrole nitrogens is 1. The van der Waals surface area contributed by atoms with Crippen LogP contribution in [0.25, 0.3) is 0 Å². The molecule has 2 fully saturated rings. The third-order valence-corrected chi connectivity index (χ3v) is 5.45. The topological polar surface area (TPSA) is 114 Å². The Balaban J connectivity index is 1.75. The summed E-state index contributed by atoms with van der Waals surface area (Å²) in [5, 5.41) is 18.6. The van der Waals surface area contributed by atoms with Gasteiger partial charge in [-0.1, -0.05) is 0 Å². The molecule has 142 valence electrons. The van der Waals surface area contributed by atoms with E-state index >= 15 is 0 Å². The van der Waals surface area contributed by atoms with Crippen molar-refractivity contribution in [1.82, 2.24) is 14.8 Å². The Labute approximate surface area is 151 Å². The molecule has 2 aliphatic rings. The van der Waals surface area contributed by atoms with Crippen LogP contribution in [-0.4, -0.2) is 75.1 Å². The molecule has 0 saturated carbocycles. The molecule has 2 saturated heterocycles. The molecule has 0 radical (unpaired) electrons. The van der Waals surface area contributed by atoms with Gasteiger partial charge in [-0.15, -0.1) is 0 Å². The SMILES string of the molecule is Cc1c(C(=O)O)[nH]c(CC(=O)N2CCCC2CN2CCCC2)c1C(=O)O. The van der Waals surface area contributed by atoms with Crippen LogP contribution in [0.5, 0.6) is 0 Å². The van der Waals surface area contributed by atoms with E-state index in [9.17, 15) is 24.6 Å². The number of nitrogens with one attached hydrogen (secondary N) is 1. The van der Waals surface area contributed by atoms with Crippen molar-refractivity contribution in [1.29, 1.82) is 0 Å². The highest BCUT2D eigenvalue weighted by Crippen LogP contribution is 2.24. The van der Waals surface area contributed by atoms with Crippen LogP contribution in [0.3, 0.4) is 0 Å². The Hall–Kier alpha value is -2.35. The van der Waals surface area contributed by atoms with Crippen molar-refractivity contribution in [2.45, 2.75) is 45.1 Å². The first-order chi connectivity index (χ1) is 12.4. The number of hydrogen-bond donors (Lipinski definition) is 3. The number of nitrogens with zero attached hydrogens (tertiary/aromatic N) is 2. The standard InChI is InChI=1S/C18H25N3O5/c1-11-15(17(23)24)13(19-16(11)18(25)26)9-14(22)21-8-4-5-12(21)10-20-6-2-3-7-20/h12,19H,2-10H2,1H3,(H,23,24)(H,25,26). The van der Waals surface area contributed by atoms with Crippen molar-refractivity contribution in [3.05, 3.63) is 22.5 Å². The number of likely N-dealkylation sites (tertiary alicyclic amines) is 2. The van der Waals surface area contributed by atoms with Gasteiger partial charge in [0.15, 0.2) is 0 Å². The molecule has 0 aliphatic carbocycles. The molecule has 8 heteroatoms. The summed E-state index contributed by atoms with van der Waals surface area (Å²) in [6, 6.07) is 0.156. The summed E-state index contributed by atoms with van der Waals surface area (Å²) >= 11 is 0. The quantitative estimate of drug-likeness (QED) is 0.703.